The van der Waals surface area contributed by atoms with Gasteiger partial charge in [0.25, 0.3) is 0 Å². The second-order valence-electron chi connectivity index (χ2n) is 3.95. The fourth-order valence-corrected chi connectivity index (χ4v) is 1.80. The molecule has 1 heterocycles. The highest BCUT2D eigenvalue weighted by molar-refractivity contribution is 6.01. The van der Waals surface area contributed by atoms with E-state index in [-0.39, 0.29) is 11.8 Å². The van der Waals surface area contributed by atoms with E-state index in [1.807, 2.05) is 30.4 Å². The number of nitrogens with one attached hydrogen (secondary N) is 2. The van der Waals surface area contributed by atoms with Gasteiger partial charge < -0.3 is 10.6 Å². The summed E-state index contributed by atoms with van der Waals surface area (Å²) in [5, 5.41) is 5.52. The fourth-order valence-electron chi connectivity index (χ4n) is 1.80. The van der Waals surface area contributed by atoms with E-state index in [4.69, 9.17) is 0 Å². The molecule has 0 bridgehead atoms. The van der Waals surface area contributed by atoms with Crippen molar-refractivity contribution in [3.63, 3.8) is 0 Å². The van der Waals surface area contributed by atoms with Crippen LogP contribution < -0.4 is 10.6 Å². The predicted molar refractivity (Wildman–Crippen MR) is 66.5 cm³/mol. The monoisotopic (exact) mass is 230 g/mol. The number of benzene rings is 1. The van der Waals surface area contributed by atoms with Gasteiger partial charge in [-0.2, -0.15) is 0 Å². The van der Waals surface area contributed by atoms with Crippen molar-refractivity contribution in [1.29, 1.82) is 0 Å². The Morgan fingerprint density at radius 3 is 3.12 bits per heavy atom. The van der Waals surface area contributed by atoms with E-state index >= 15 is 0 Å². The fraction of sp³-hybridized carbons (Fsp3) is 0.231. The molecule has 2 rings (SSSR count). The topological polar surface area (TPSA) is 58.2 Å². The average Bonchev–Trinajstić information content (AvgIpc) is 2.65. The molecule has 0 spiro atoms. The molecule has 17 heavy (non-hydrogen) atoms. The van der Waals surface area contributed by atoms with Crippen LogP contribution in [0.15, 0.2) is 24.3 Å². The molecule has 4 heteroatoms. The van der Waals surface area contributed by atoms with Gasteiger partial charge in [0.1, 0.15) is 0 Å². The van der Waals surface area contributed by atoms with Crippen LogP contribution in [0.4, 0.5) is 5.69 Å². The molecule has 0 atom stereocenters. The Kier molecular flexibility index (Phi) is 3.23. The summed E-state index contributed by atoms with van der Waals surface area (Å²) in [5.41, 5.74) is 2.88. The van der Waals surface area contributed by atoms with E-state index in [0.29, 0.717) is 13.0 Å². The summed E-state index contributed by atoms with van der Waals surface area (Å²) in [6.45, 7) is 1.97. The summed E-state index contributed by atoms with van der Waals surface area (Å²) in [6.07, 6.45) is 4.21. The highest BCUT2D eigenvalue weighted by Gasteiger charge is 2.18. The van der Waals surface area contributed by atoms with Crippen molar-refractivity contribution >= 4 is 23.6 Å². The molecule has 0 fully saturated rings. The van der Waals surface area contributed by atoms with Gasteiger partial charge in [0.05, 0.1) is 12.1 Å². The summed E-state index contributed by atoms with van der Waals surface area (Å²) in [5.74, 6) is -0.0241. The van der Waals surface area contributed by atoms with Crippen LogP contribution >= 0.6 is 0 Å². The van der Waals surface area contributed by atoms with E-state index in [1.54, 1.807) is 0 Å². The van der Waals surface area contributed by atoms with Crippen LogP contribution in [-0.4, -0.2) is 18.4 Å². The lowest BCUT2D eigenvalue weighted by Gasteiger charge is -2.03. The van der Waals surface area contributed by atoms with E-state index < -0.39 is 0 Å². The molecule has 0 saturated carbocycles. The molecule has 2 amide bonds. The van der Waals surface area contributed by atoms with Gasteiger partial charge in [-0.05, 0) is 11.1 Å². The number of rotatable bonds is 3. The molecular formula is C13H14N2O2. The Balaban J connectivity index is 2.10. The van der Waals surface area contributed by atoms with Crippen LogP contribution in [0.25, 0.3) is 6.08 Å². The van der Waals surface area contributed by atoms with E-state index in [1.165, 1.54) is 6.92 Å². The minimum atomic E-state index is -0.0544. The minimum Gasteiger partial charge on any atom is -0.353 e. The maximum Gasteiger partial charge on any atom is 0.228 e. The van der Waals surface area contributed by atoms with Gasteiger partial charge in [-0.25, -0.2) is 0 Å². The number of carbonyl (C=O) groups is 2. The quantitative estimate of drug-likeness (QED) is 0.823. The van der Waals surface area contributed by atoms with Crippen molar-refractivity contribution in [3.05, 3.63) is 35.4 Å². The zero-order chi connectivity index (χ0) is 12.3. The summed E-state index contributed by atoms with van der Waals surface area (Å²) in [7, 11) is 0. The van der Waals surface area contributed by atoms with Crippen LogP contribution in [0, 0.1) is 0 Å². The van der Waals surface area contributed by atoms with Gasteiger partial charge in [-0.1, -0.05) is 30.4 Å². The van der Waals surface area contributed by atoms with Crippen LogP contribution in [0.5, 0.6) is 0 Å². The normalized spacial score (nSPS) is 13.6. The number of fused-ring (bicyclic) bond motifs is 1. The predicted octanol–water partition coefficient (Wildman–Crippen LogP) is 1.33. The smallest absolute Gasteiger partial charge is 0.228 e. The Morgan fingerprint density at radius 1 is 1.53 bits per heavy atom. The largest absolute Gasteiger partial charge is 0.353 e. The van der Waals surface area contributed by atoms with Crippen molar-refractivity contribution in [1.82, 2.24) is 5.32 Å². The van der Waals surface area contributed by atoms with Gasteiger partial charge in [0, 0.05) is 13.5 Å². The lowest BCUT2D eigenvalue weighted by Crippen LogP contribution is -2.19. The molecule has 4 nitrogen and oxygen atoms in total. The first kappa shape index (κ1) is 11.4. The van der Waals surface area contributed by atoms with Crippen LogP contribution in [-0.2, 0) is 16.0 Å². The van der Waals surface area contributed by atoms with Crippen LogP contribution in [0.1, 0.15) is 18.1 Å². The lowest BCUT2D eigenvalue weighted by molar-refractivity contribution is -0.118. The van der Waals surface area contributed by atoms with Crippen molar-refractivity contribution in [2.45, 2.75) is 13.3 Å². The van der Waals surface area contributed by atoms with Gasteiger partial charge in [0.2, 0.25) is 11.8 Å². The number of para-hydroxylation sites is 1. The average molecular weight is 230 g/mol. The molecule has 0 unspecified atom stereocenters. The zero-order valence-electron chi connectivity index (χ0n) is 9.62. The number of amides is 2. The third-order valence-corrected chi connectivity index (χ3v) is 2.56. The Labute approximate surface area is 99.7 Å². The van der Waals surface area contributed by atoms with Gasteiger partial charge in [-0.15, -0.1) is 0 Å². The highest BCUT2D eigenvalue weighted by Crippen LogP contribution is 2.27. The maximum atomic E-state index is 11.3. The standard InChI is InChI=1S/C13H14N2O2/c1-9(16)14-7-3-6-10-4-2-5-11-8-12(17)15-13(10)11/h2-6H,7-8H2,1H3,(H,14,16)(H,15,17). The molecule has 88 valence electrons. The summed E-state index contributed by atoms with van der Waals surface area (Å²) in [6, 6.07) is 5.81. The molecule has 1 aliphatic rings. The second-order valence-corrected chi connectivity index (χ2v) is 3.95. The van der Waals surface area contributed by atoms with Crippen molar-refractivity contribution in [2.75, 3.05) is 11.9 Å². The number of hydrogen-bond acceptors (Lipinski definition) is 2. The number of anilines is 1. The number of carbonyl (C=O) groups excluding carboxylic acids is 2. The first-order valence-corrected chi connectivity index (χ1v) is 5.49. The first-order valence-electron chi connectivity index (χ1n) is 5.49. The lowest BCUT2D eigenvalue weighted by atomic mass is 10.1. The molecule has 0 saturated heterocycles. The van der Waals surface area contributed by atoms with Crippen LogP contribution in [0.3, 0.4) is 0 Å². The Bertz CT molecular complexity index is 492. The van der Waals surface area contributed by atoms with Crippen LogP contribution in [0.2, 0.25) is 0 Å². The van der Waals surface area contributed by atoms with Gasteiger partial charge >= 0.3 is 0 Å². The van der Waals surface area contributed by atoms with E-state index in [2.05, 4.69) is 10.6 Å². The molecule has 1 aliphatic heterocycles. The van der Waals surface area contributed by atoms with E-state index in [0.717, 1.165) is 16.8 Å². The maximum absolute atomic E-state index is 11.3. The first-order chi connectivity index (χ1) is 8.16. The molecule has 0 aliphatic carbocycles. The Morgan fingerprint density at radius 2 is 2.35 bits per heavy atom. The zero-order valence-corrected chi connectivity index (χ0v) is 9.62. The Hall–Kier alpha value is -2.10. The summed E-state index contributed by atoms with van der Waals surface area (Å²) < 4.78 is 0. The van der Waals surface area contributed by atoms with Gasteiger partial charge in [0.15, 0.2) is 0 Å². The molecule has 0 aromatic heterocycles. The number of hydrogen-bond donors (Lipinski definition) is 2. The molecular weight excluding hydrogens is 216 g/mol. The van der Waals surface area contributed by atoms with Crippen molar-refractivity contribution in [2.24, 2.45) is 0 Å². The molecule has 1 aromatic rings. The molecule has 2 N–H and O–H groups in total. The summed E-state index contributed by atoms with van der Waals surface area (Å²) in [4.78, 5) is 22.0. The minimum absolute atomic E-state index is 0.0303. The SMILES string of the molecule is CC(=O)NCC=Cc1cccc2c1NC(=O)C2. The van der Waals surface area contributed by atoms with Gasteiger partial charge in [-0.3, -0.25) is 9.59 Å². The summed E-state index contributed by atoms with van der Waals surface area (Å²) >= 11 is 0. The highest BCUT2D eigenvalue weighted by atomic mass is 16.2. The molecule has 0 radical (unpaired) electrons. The van der Waals surface area contributed by atoms with Crippen molar-refractivity contribution < 1.29 is 9.59 Å². The second kappa shape index (κ2) is 4.82. The third kappa shape index (κ3) is 2.72. The third-order valence-electron chi connectivity index (χ3n) is 2.56. The van der Waals surface area contributed by atoms with E-state index in [9.17, 15) is 9.59 Å². The van der Waals surface area contributed by atoms with Crippen molar-refractivity contribution in [3.8, 4) is 0 Å². The molecule has 1 aromatic carbocycles.